The minimum Gasteiger partial charge on any atom is -0.493 e. The maximum Gasteiger partial charge on any atom is 0.260 e. The molecule has 1 aliphatic rings. The Bertz CT molecular complexity index is 456. The molecule has 5 heteroatoms. The van der Waals surface area contributed by atoms with Gasteiger partial charge in [-0.05, 0) is 37.6 Å². The predicted octanol–water partition coefficient (Wildman–Crippen LogP) is 1.42. The van der Waals surface area contributed by atoms with Gasteiger partial charge in [0.25, 0.3) is 5.91 Å². The Balaban J connectivity index is 1.99. The molecule has 2 rings (SSSR count). The molecular weight excluding hydrogens is 256 g/mol. The Morgan fingerprint density at radius 1 is 1.30 bits per heavy atom. The first-order valence-electron chi connectivity index (χ1n) is 6.96. The highest BCUT2D eigenvalue weighted by molar-refractivity contribution is 5.78. The molecule has 1 N–H and O–H groups in total. The van der Waals surface area contributed by atoms with E-state index in [0.717, 1.165) is 38.0 Å². The van der Waals surface area contributed by atoms with Crippen molar-refractivity contribution < 1.29 is 14.3 Å². The van der Waals surface area contributed by atoms with Crippen molar-refractivity contribution in [1.82, 2.24) is 10.2 Å². The van der Waals surface area contributed by atoms with Crippen molar-refractivity contribution in [2.24, 2.45) is 0 Å². The van der Waals surface area contributed by atoms with Crippen LogP contribution in [0.4, 0.5) is 0 Å². The molecule has 20 heavy (non-hydrogen) atoms. The van der Waals surface area contributed by atoms with Crippen LogP contribution in [-0.4, -0.2) is 44.7 Å². The van der Waals surface area contributed by atoms with E-state index in [4.69, 9.17) is 9.47 Å². The van der Waals surface area contributed by atoms with Crippen molar-refractivity contribution >= 4 is 5.91 Å². The van der Waals surface area contributed by atoms with Crippen molar-refractivity contribution in [2.75, 3.05) is 33.9 Å². The van der Waals surface area contributed by atoms with E-state index >= 15 is 0 Å². The topological polar surface area (TPSA) is 50.8 Å². The van der Waals surface area contributed by atoms with Crippen molar-refractivity contribution in [3.8, 4) is 11.5 Å². The summed E-state index contributed by atoms with van der Waals surface area (Å²) >= 11 is 0. The standard InChI is InChI=1S/C15H22N2O3/c1-16-10-12-5-6-13(19-2)14(9-12)20-11-15(18)17-7-3-4-8-17/h5-6,9,16H,3-4,7-8,10-11H2,1-2H3. The Kier molecular flexibility index (Phi) is 5.24. The van der Waals surface area contributed by atoms with Crippen LogP contribution in [0.25, 0.3) is 0 Å². The zero-order chi connectivity index (χ0) is 14.4. The fourth-order valence-electron chi connectivity index (χ4n) is 2.35. The fourth-order valence-corrected chi connectivity index (χ4v) is 2.35. The first kappa shape index (κ1) is 14.7. The average molecular weight is 278 g/mol. The van der Waals surface area contributed by atoms with Crippen molar-refractivity contribution in [2.45, 2.75) is 19.4 Å². The van der Waals surface area contributed by atoms with Crippen LogP contribution in [0, 0.1) is 0 Å². The van der Waals surface area contributed by atoms with E-state index in [1.807, 2.05) is 30.1 Å². The molecule has 1 aromatic rings. The number of carbonyl (C=O) groups is 1. The van der Waals surface area contributed by atoms with Gasteiger partial charge < -0.3 is 19.7 Å². The number of amides is 1. The van der Waals surface area contributed by atoms with Crippen molar-refractivity contribution in [3.63, 3.8) is 0 Å². The molecule has 1 heterocycles. The minimum atomic E-state index is 0.0450. The summed E-state index contributed by atoms with van der Waals surface area (Å²) in [5, 5.41) is 3.09. The molecule has 5 nitrogen and oxygen atoms in total. The van der Waals surface area contributed by atoms with Gasteiger partial charge in [0.15, 0.2) is 18.1 Å². The maximum atomic E-state index is 12.0. The molecule has 0 radical (unpaired) electrons. The highest BCUT2D eigenvalue weighted by atomic mass is 16.5. The van der Waals surface area contributed by atoms with Crippen molar-refractivity contribution in [3.05, 3.63) is 23.8 Å². The molecule has 110 valence electrons. The zero-order valence-electron chi connectivity index (χ0n) is 12.1. The average Bonchev–Trinajstić information content (AvgIpc) is 2.99. The zero-order valence-corrected chi connectivity index (χ0v) is 12.1. The molecule has 0 unspecified atom stereocenters. The summed E-state index contributed by atoms with van der Waals surface area (Å²) in [5.41, 5.74) is 1.09. The van der Waals surface area contributed by atoms with Gasteiger partial charge in [0.2, 0.25) is 0 Å². The van der Waals surface area contributed by atoms with Gasteiger partial charge in [0, 0.05) is 19.6 Å². The Labute approximate surface area is 119 Å². The third kappa shape index (κ3) is 3.63. The number of hydrogen-bond donors (Lipinski definition) is 1. The lowest BCUT2D eigenvalue weighted by molar-refractivity contribution is -0.132. The van der Waals surface area contributed by atoms with E-state index in [0.29, 0.717) is 11.5 Å². The summed E-state index contributed by atoms with van der Waals surface area (Å²) in [4.78, 5) is 13.8. The van der Waals surface area contributed by atoms with Crippen LogP contribution < -0.4 is 14.8 Å². The molecule has 1 aromatic carbocycles. The Hall–Kier alpha value is -1.75. The third-order valence-electron chi connectivity index (χ3n) is 3.42. The summed E-state index contributed by atoms with van der Waals surface area (Å²) < 4.78 is 10.9. The van der Waals surface area contributed by atoms with Gasteiger partial charge in [-0.2, -0.15) is 0 Å². The van der Waals surface area contributed by atoms with Gasteiger partial charge in [0.1, 0.15) is 0 Å². The monoisotopic (exact) mass is 278 g/mol. The summed E-state index contributed by atoms with van der Waals surface area (Å²) in [6.45, 7) is 2.51. The molecule has 0 saturated carbocycles. The van der Waals surface area contributed by atoms with E-state index in [2.05, 4.69) is 5.32 Å². The lowest BCUT2D eigenvalue weighted by Gasteiger charge is -2.17. The Morgan fingerprint density at radius 3 is 2.70 bits per heavy atom. The number of hydrogen-bond acceptors (Lipinski definition) is 4. The van der Waals surface area contributed by atoms with Crippen LogP contribution in [0.15, 0.2) is 18.2 Å². The summed E-state index contributed by atoms with van der Waals surface area (Å²) in [7, 11) is 3.49. The smallest absolute Gasteiger partial charge is 0.260 e. The molecule has 0 spiro atoms. The van der Waals surface area contributed by atoms with E-state index in [-0.39, 0.29) is 12.5 Å². The molecule has 1 fully saturated rings. The quantitative estimate of drug-likeness (QED) is 0.855. The molecular formula is C15H22N2O3. The van der Waals surface area contributed by atoms with Crippen LogP contribution in [0.3, 0.4) is 0 Å². The number of nitrogens with one attached hydrogen (secondary N) is 1. The van der Waals surface area contributed by atoms with Gasteiger partial charge >= 0.3 is 0 Å². The molecule has 1 aliphatic heterocycles. The Morgan fingerprint density at radius 2 is 2.05 bits per heavy atom. The number of methoxy groups -OCH3 is 1. The molecule has 0 bridgehead atoms. The number of ether oxygens (including phenoxy) is 2. The molecule has 0 aromatic heterocycles. The normalized spacial score (nSPS) is 14.4. The number of benzene rings is 1. The highest BCUT2D eigenvalue weighted by Gasteiger charge is 2.18. The number of nitrogens with zero attached hydrogens (tertiary/aromatic N) is 1. The van der Waals surface area contributed by atoms with Crippen LogP contribution in [0.5, 0.6) is 11.5 Å². The first-order valence-corrected chi connectivity index (χ1v) is 6.96. The van der Waals surface area contributed by atoms with Crippen molar-refractivity contribution in [1.29, 1.82) is 0 Å². The number of likely N-dealkylation sites (tertiary alicyclic amines) is 1. The van der Waals surface area contributed by atoms with Crippen LogP contribution in [0.2, 0.25) is 0 Å². The van der Waals surface area contributed by atoms with Crippen LogP contribution in [-0.2, 0) is 11.3 Å². The van der Waals surface area contributed by atoms with Gasteiger partial charge in [-0.1, -0.05) is 6.07 Å². The second kappa shape index (κ2) is 7.14. The molecule has 1 saturated heterocycles. The summed E-state index contributed by atoms with van der Waals surface area (Å²) in [6, 6.07) is 5.75. The first-order chi connectivity index (χ1) is 9.74. The minimum absolute atomic E-state index is 0.0450. The molecule has 0 aliphatic carbocycles. The number of rotatable bonds is 6. The fraction of sp³-hybridized carbons (Fsp3) is 0.533. The van der Waals surface area contributed by atoms with Gasteiger partial charge in [-0.15, -0.1) is 0 Å². The summed E-state index contributed by atoms with van der Waals surface area (Å²) in [6.07, 6.45) is 2.18. The molecule has 1 amide bonds. The van der Waals surface area contributed by atoms with Gasteiger partial charge in [0.05, 0.1) is 7.11 Å². The van der Waals surface area contributed by atoms with Gasteiger partial charge in [-0.3, -0.25) is 4.79 Å². The third-order valence-corrected chi connectivity index (χ3v) is 3.42. The lowest BCUT2D eigenvalue weighted by Crippen LogP contribution is -2.32. The SMILES string of the molecule is CNCc1ccc(OC)c(OCC(=O)N2CCCC2)c1. The van der Waals surface area contributed by atoms with E-state index in [9.17, 15) is 4.79 Å². The maximum absolute atomic E-state index is 12.0. The second-order valence-electron chi connectivity index (χ2n) is 4.89. The van der Waals surface area contributed by atoms with E-state index < -0.39 is 0 Å². The lowest BCUT2D eigenvalue weighted by atomic mass is 10.2. The molecule has 0 atom stereocenters. The van der Waals surface area contributed by atoms with E-state index in [1.54, 1.807) is 7.11 Å². The van der Waals surface area contributed by atoms with Crippen LogP contribution >= 0.6 is 0 Å². The second-order valence-corrected chi connectivity index (χ2v) is 4.89. The number of carbonyl (C=O) groups excluding carboxylic acids is 1. The largest absolute Gasteiger partial charge is 0.493 e. The highest BCUT2D eigenvalue weighted by Crippen LogP contribution is 2.28. The predicted molar refractivity (Wildman–Crippen MR) is 77.1 cm³/mol. The van der Waals surface area contributed by atoms with E-state index in [1.165, 1.54) is 0 Å². The van der Waals surface area contributed by atoms with Gasteiger partial charge in [-0.25, -0.2) is 0 Å². The summed E-state index contributed by atoms with van der Waals surface area (Å²) in [5.74, 6) is 1.32. The van der Waals surface area contributed by atoms with Crippen LogP contribution in [0.1, 0.15) is 18.4 Å².